The highest BCUT2D eigenvalue weighted by atomic mass is 16.2. The molecule has 6 amide bonds. The first kappa shape index (κ1) is 21.5. The van der Waals surface area contributed by atoms with Gasteiger partial charge in [0.25, 0.3) is 0 Å². The van der Waals surface area contributed by atoms with Crippen molar-refractivity contribution >= 4 is 35.4 Å². The molecule has 2 aliphatic heterocycles. The normalized spacial score (nSPS) is 22.3. The molecule has 0 aromatic rings. The van der Waals surface area contributed by atoms with Crippen molar-refractivity contribution in [3.05, 3.63) is 0 Å². The predicted molar refractivity (Wildman–Crippen MR) is 96.3 cm³/mol. The molecule has 2 atom stereocenters. The Kier molecular flexibility index (Phi) is 8.09. The third-order valence-electron chi connectivity index (χ3n) is 4.71. The Hall–Kier alpha value is -2.78. The van der Waals surface area contributed by atoms with Crippen molar-refractivity contribution in [3.63, 3.8) is 0 Å². The van der Waals surface area contributed by atoms with Crippen LogP contribution in [0.2, 0.25) is 0 Å². The Morgan fingerprint density at radius 2 is 1.11 bits per heavy atom. The first-order chi connectivity index (χ1) is 13.3. The molecule has 0 saturated carbocycles. The molecule has 2 fully saturated rings. The molecule has 2 unspecified atom stereocenters. The number of piperidine rings is 2. The lowest BCUT2D eigenvalue weighted by atomic mass is 10.0. The summed E-state index contributed by atoms with van der Waals surface area (Å²) in [5, 5.41) is 9.63. The van der Waals surface area contributed by atoms with Gasteiger partial charge in [0, 0.05) is 25.7 Å². The molecule has 10 heteroatoms. The van der Waals surface area contributed by atoms with Gasteiger partial charge in [-0.3, -0.25) is 39.4 Å². The summed E-state index contributed by atoms with van der Waals surface area (Å²) < 4.78 is 0. The van der Waals surface area contributed by atoms with Crippen LogP contribution in [0.3, 0.4) is 0 Å². The van der Waals surface area contributed by atoms with Crippen molar-refractivity contribution in [3.8, 4) is 0 Å². The van der Waals surface area contributed by atoms with E-state index >= 15 is 0 Å². The van der Waals surface area contributed by atoms with Crippen molar-refractivity contribution in [2.24, 2.45) is 0 Å². The monoisotopic (exact) mass is 394 g/mol. The van der Waals surface area contributed by atoms with Crippen LogP contribution in [0, 0.1) is 0 Å². The smallest absolute Gasteiger partial charge is 0.249 e. The lowest BCUT2D eigenvalue weighted by molar-refractivity contribution is -0.138. The standard InChI is InChI=1S/C18H26N4O6/c23-13(19-11-7-9-15(25)21-17(11)27)5-3-1-2-4-6-14(24)20-12-8-10-16(26)22-18(12)28/h11-12H,1-10H2,(H,19,23)(H,20,24)(H,21,25,27)(H,22,26,28). The molecule has 0 radical (unpaired) electrons. The molecule has 4 N–H and O–H groups in total. The third kappa shape index (κ3) is 7.09. The fourth-order valence-electron chi connectivity index (χ4n) is 3.12. The van der Waals surface area contributed by atoms with Gasteiger partial charge in [-0.1, -0.05) is 12.8 Å². The molecule has 0 spiro atoms. The molecule has 10 nitrogen and oxygen atoms in total. The molecular weight excluding hydrogens is 368 g/mol. The minimum Gasteiger partial charge on any atom is -0.344 e. The van der Waals surface area contributed by atoms with Gasteiger partial charge in [0.05, 0.1) is 0 Å². The fourth-order valence-corrected chi connectivity index (χ4v) is 3.12. The van der Waals surface area contributed by atoms with Crippen LogP contribution >= 0.6 is 0 Å². The van der Waals surface area contributed by atoms with E-state index in [1.165, 1.54) is 0 Å². The summed E-state index contributed by atoms with van der Waals surface area (Å²) in [6, 6.07) is -1.30. The summed E-state index contributed by atoms with van der Waals surface area (Å²) in [4.78, 5) is 69.0. The minimum atomic E-state index is -0.652. The number of carbonyl (C=O) groups excluding carboxylic acids is 6. The van der Waals surface area contributed by atoms with Crippen LogP contribution in [0.4, 0.5) is 0 Å². The second-order valence-electron chi connectivity index (χ2n) is 7.06. The number of hydrogen-bond acceptors (Lipinski definition) is 6. The summed E-state index contributed by atoms with van der Waals surface area (Å²) in [5.74, 6) is -2.04. The summed E-state index contributed by atoms with van der Waals surface area (Å²) in [7, 11) is 0. The average molecular weight is 394 g/mol. The van der Waals surface area contributed by atoms with Gasteiger partial charge in [0.2, 0.25) is 35.4 Å². The van der Waals surface area contributed by atoms with E-state index in [0.717, 1.165) is 12.8 Å². The van der Waals surface area contributed by atoms with Crippen LogP contribution in [-0.4, -0.2) is 47.5 Å². The fraction of sp³-hybridized carbons (Fsp3) is 0.667. The van der Waals surface area contributed by atoms with Gasteiger partial charge < -0.3 is 10.6 Å². The predicted octanol–water partition coefficient (Wildman–Crippen LogP) is -0.830. The Bertz CT molecular complexity index is 606. The van der Waals surface area contributed by atoms with Crippen LogP contribution in [0.25, 0.3) is 0 Å². The number of unbranched alkanes of at least 4 members (excludes halogenated alkanes) is 3. The van der Waals surface area contributed by atoms with Crippen molar-refractivity contribution in [1.82, 2.24) is 21.3 Å². The van der Waals surface area contributed by atoms with E-state index < -0.39 is 23.9 Å². The third-order valence-corrected chi connectivity index (χ3v) is 4.71. The van der Waals surface area contributed by atoms with E-state index in [9.17, 15) is 28.8 Å². The molecule has 0 aliphatic carbocycles. The summed E-state index contributed by atoms with van der Waals surface area (Å²) >= 11 is 0. The maximum absolute atomic E-state index is 11.9. The zero-order chi connectivity index (χ0) is 20.5. The number of amides is 6. The van der Waals surface area contributed by atoms with Gasteiger partial charge in [0.15, 0.2) is 0 Å². The lowest BCUT2D eigenvalue weighted by Crippen LogP contribution is -2.52. The average Bonchev–Trinajstić information content (AvgIpc) is 2.63. The topological polar surface area (TPSA) is 151 Å². The number of carbonyl (C=O) groups is 6. The zero-order valence-electron chi connectivity index (χ0n) is 15.7. The van der Waals surface area contributed by atoms with E-state index in [1.807, 2.05) is 0 Å². The van der Waals surface area contributed by atoms with Crippen LogP contribution in [-0.2, 0) is 28.8 Å². The van der Waals surface area contributed by atoms with E-state index in [2.05, 4.69) is 21.3 Å². The highest BCUT2D eigenvalue weighted by Crippen LogP contribution is 2.09. The van der Waals surface area contributed by atoms with Gasteiger partial charge in [-0.05, 0) is 25.7 Å². The molecule has 2 heterocycles. The first-order valence-electron chi connectivity index (χ1n) is 9.61. The molecule has 2 saturated heterocycles. The Labute approximate surface area is 162 Å². The first-order valence-corrected chi connectivity index (χ1v) is 9.61. The van der Waals surface area contributed by atoms with E-state index in [4.69, 9.17) is 0 Å². The van der Waals surface area contributed by atoms with Crippen LogP contribution in [0.15, 0.2) is 0 Å². The molecular formula is C18H26N4O6. The largest absolute Gasteiger partial charge is 0.344 e. The molecule has 2 aliphatic rings. The highest BCUT2D eigenvalue weighted by Gasteiger charge is 2.28. The molecule has 28 heavy (non-hydrogen) atoms. The Morgan fingerprint density at radius 1 is 0.714 bits per heavy atom. The van der Waals surface area contributed by atoms with Crippen molar-refractivity contribution < 1.29 is 28.8 Å². The van der Waals surface area contributed by atoms with Crippen LogP contribution < -0.4 is 21.3 Å². The van der Waals surface area contributed by atoms with Crippen molar-refractivity contribution in [2.75, 3.05) is 0 Å². The van der Waals surface area contributed by atoms with E-state index in [-0.39, 0.29) is 49.3 Å². The highest BCUT2D eigenvalue weighted by molar-refractivity contribution is 6.02. The van der Waals surface area contributed by atoms with Crippen molar-refractivity contribution in [1.29, 1.82) is 0 Å². The molecule has 2 rings (SSSR count). The maximum atomic E-state index is 11.9. The lowest BCUT2D eigenvalue weighted by Gasteiger charge is -2.21. The van der Waals surface area contributed by atoms with Gasteiger partial charge in [-0.25, -0.2) is 0 Å². The summed E-state index contributed by atoms with van der Waals surface area (Å²) in [6.07, 6.45) is 4.41. The minimum absolute atomic E-state index is 0.220. The van der Waals surface area contributed by atoms with Crippen LogP contribution in [0.1, 0.15) is 64.2 Å². The Balaban J connectivity index is 1.51. The second-order valence-corrected chi connectivity index (χ2v) is 7.06. The number of imide groups is 2. The Morgan fingerprint density at radius 3 is 1.46 bits per heavy atom. The van der Waals surface area contributed by atoms with Gasteiger partial charge in [-0.15, -0.1) is 0 Å². The molecule has 0 aromatic carbocycles. The van der Waals surface area contributed by atoms with Crippen molar-refractivity contribution in [2.45, 2.75) is 76.3 Å². The van der Waals surface area contributed by atoms with Gasteiger partial charge in [0.1, 0.15) is 12.1 Å². The SMILES string of the molecule is O=C1CCC(NC(=O)CCCCCCC(=O)NC2CCC(=O)NC2=O)C(=O)N1. The zero-order valence-corrected chi connectivity index (χ0v) is 15.7. The molecule has 154 valence electrons. The summed E-state index contributed by atoms with van der Waals surface area (Å²) in [6.45, 7) is 0. The molecule has 0 bridgehead atoms. The van der Waals surface area contributed by atoms with E-state index in [1.54, 1.807) is 0 Å². The maximum Gasteiger partial charge on any atom is 0.249 e. The quantitative estimate of drug-likeness (QED) is 0.296. The number of hydrogen-bond donors (Lipinski definition) is 4. The van der Waals surface area contributed by atoms with Gasteiger partial charge in [-0.2, -0.15) is 0 Å². The molecule has 0 aromatic heterocycles. The van der Waals surface area contributed by atoms with Gasteiger partial charge >= 0.3 is 0 Å². The number of rotatable bonds is 9. The number of nitrogens with one attached hydrogen (secondary N) is 4. The summed E-state index contributed by atoms with van der Waals surface area (Å²) in [5.41, 5.74) is 0. The van der Waals surface area contributed by atoms with E-state index in [0.29, 0.717) is 25.7 Å². The van der Waals surface area contributed by atoms with Crippen LogP contribution in [0.5, 0.6) is 0 Å². The second kappa shape index (κ2) is 10.5.